The van der Waals surface area contributed by atoms with Gasteiger partial charge in [0.2, 0.25) is 17.6 Å². The summed E-state index contributed by atoms with van der Waals surface area (Å²) in [4.78, 5) is 82.7. The van der Waals surface area contributed by atoms with Crippen LogP contribution in [-0.2, 0) is 39.2 Å². The van der Waals surface area contributed by atoms with Crippen molar-refractivity contribution < 1.29 is 57.9 Å². The van der Waals surface area contributed by atoms with Crippen molar-refractivity contribution in [2.45, 2.75) is 197 Å². The van der Waals surface area contributed by atoms with Gasteiger partial charge in [-0.3, -0.25) is 34.3 Å². The Labute approximate surface area is 846 Å². The number of aryl methyl sites for hydroxylation is 7. The van der Waals surface area contributed by atoms with Gasteiger partial charge >= 0.3 is 0 Å². The SMILES string of the molecule is CSc1nc(C)c(-c2nc3c(C)nccc3s2)c(N[C@@H]2C[C@H](CO)[C@H]3OC(C)(C)O[C@H]32)n1.CSc1nc(C)c(I)c(N[C@@H]2C[C@H](CO)[C@H]3OC(C)(C)O[C@H]32)n1.Cc1nc(S(C)=O)nc(N[C@@H]2C[C@H](CO)[C@H]3OC(C)(C)O[C@H]32)c1-c1nc2c(C)nccc2s1.Cc1nccc2scnc12.Cc1nccc2scnc12.Clc1nccc2scnc12.O[n+]1ccc2scnc2c1.c1cc2scnc2cn1. The Morgan fingerprint density at radius 3 is 1.25 bits per heavy atom. The third kappa shape index (κ3) is 23.5. The minimum Gasteiger partial charge on any atom is -0.396 e. The second-order valence-corrected chi connectivity index (χ2v) is 44.6. The normalized spacial score (nSPS) is 21.8. The van der Waals surface area contributed by atoms with Crippen molar-refractivity contribution >= 4 is 237 Å². The number of thioether (sulfide) groups is 2. The van der Waals surface area contributed by atoms with E-state index in [0.717, 1.165) is 151 Å². The molecule has 23 rings (SSSR count). The number of halogens is 2. The van der Waals surface area contributed by atoms with Gasteiger partial charge < -0.3 is 59.7 Å². The molecule has 7 N–H and O–H groups in total. The molecule has 3 saturated heterocycles. The van der Waals surface area contributed by atoms with Crippen LogP contribution in [-0.4, -0.2) is 230 Å². The van der Waals surface area contributed by atoms with Crippen molar-refractivity contribution in [2.75, 3.05) is 54.5 Å². The van der Waals surface area contributed by atoms with Gasteiger partial charge in [-0.2, -0.15) is 0 Å². The highest BCUT2D eigenvalue weighted by atomic mass is 127. The van der Waals surface area contributed by atoms with Crippen molar-refractivity contribution in [3.8, 4) is 21.1 Å². The van der Waals surface area contributed by atoms with Crippen LogP contribution in [0.3, 0.4) is 0 Å². The molecule has 3 aliphatic heterocycles. The van der Waals surface area contributed by atoms with E-state index < -0.39 is 28.2 Å². The first-order chi connectivity index (χ1) is 65.8. The number of hydrogen-bond donors (Lipinski definition) is 7. The summed E-state index contributed by atoms with van der Waals surface area (Å²) < 4.78 is 58.8. The van der Waals surface area contributed by atoms with E-state index in [9.17, 15) is 19.5 Å². The molecule has 1 unspecified atom stereocenters. The minimum absolute atomic E-state index is 0.0156. The summed E-state index contributed by atoms with van der Waals surface area (Å²) in [6.45, 7) is 25.3. The van der Waals surface area contributed by atoms with Gasteiger partial charge in [-0.25, -0.2) is 69.8 Å². The molecule has 0 bridgehead atoms. The van der Waals surface area contributed by atoms with Crippen LogP contribution in [0.25, 0.3) is 92.7 Å². The van der Waals surface area contributed by atoms with Gasteiger partial charge in [0.25, 0.3) is 0 Å². The number of anilines is 3. The molecule has 20 heterocycles. The predicted molar refractivity (Wildman–Crippen MR) is 552 cm³/mol. The highest BCUT2D eigenvalue weighted by molar-refractivity contribution is 14.1. The minimum atomic E-state index is -1.35. The number of nitrogens with zero attached hydrogens (tertiary/aromatic N) is 20. The number of fused-ring (bicyclic) bond motifs is 10. The molecule has 3 aliphatic carbocycles. The van der Waals surface area contributed by atoms with Crippen molar-refractivity contribution in [3.05, 3.63) is 174 Å². The van der Waals surface area contributed by atoms with Crippen LogP contribution in [0.5, 0.6) is 0 Å². The summed E-state index contributed by atoms with van der Waals surface area (Å²) in [7, 11) is -1.35. The van der Waals surface area contributed by atoms with Gasteiger partial charge in [0.15, 0.2) is 32.8 Å². The molecular formula is C91H100ClIN23O11S10+. The maximum atomic E-state index is 12.2. The zero-order chi connectivity index (χ0) is 96.9. The fourth-order valence-electron chi connectivity index (χ4n) is 16.8. The number of aromatic nitrogens is 20. The molecule has 3 saturated carbocycles. The standard InChI is InChI=1S/C22H27N5O4S2.C22H27N5O3S2.C15H22IN3O3S.2C7H6N2S.C6H3ClN2S.C6H5N2OS.C6H4N2S/c1-10-15(20-26-16-11(2)23-7-6-14(16)32-20)19(27-21(24-10)33(5)29)25-13-8-12(9-28)17-18(13)31-22(3,4)30-17;1-10-15(20-26-16-11(2)23-7-6-14(16)32-20)19(27-21(24-10)31-5)25-13-8-12(9-28)17-18(13)30-22(3,4)29-17;1-7-10(16)13(19-14(17-7)23-4)18-9-5-8(6-20)11-12(9)22-15(2,3)21-11;2*1-5-7-6(2-3-8-5)10-4-9-7;7-6-5-4(1-2-8-6)10-3-9-5;9-8-2-1-6-5(3-8)7-4-10-6;1-2-7-3-5-6(1)9-4-8-5/h6-7,12-13,17-18,28H,8-9H2,1-5H3,(H,24,25,27);6-7,12-13,17-18,28H,8-9H2,1-5H3,(H,24,25,27);8-9,11-12,20H,5-6H2,1-4H3,(H,17,18,19);2*2-4H,1H3;1-3H;1-4,9H;1-4H/q;;;;;;+1;/t12-,13-,17-,18+,33?;12-,13-,17-,18+;8-,9-,11-,12+;;;;;/m111...../s1. The van der Waals surface area contributed by atoms with Crippen LogP contribution in [0, 0.1) is 69.8 Å². The van der Waals surface area contributed by atoms with Gasteiger partial charge in [-0.05, 0) is 181 Å². The van der Waals surface area contributed by atoms with E-state index in [0.29, 0.717) is 28.2 Å². The highest BCUT2D eigenvalue weighted by Crippen LogP contribution is 2.48. The quantitative estimate of drug-likeness (QED) is 0.0133. The van der Waals surface area contributed by atoms with E-state index in [1.165, 1.54) is 37.6 Å². The van der Waals surface area contributed by atoms with Gasteiger partial charge in [0.1, 0.15) is 78.9 Å². The highest BCUT2D eigenvalue weighted by Gasteiger charge is 2.57. The summed E-state index contributed by atoms with van der Waals surface area (Å²) in [6.07, 6.45) is 22.4. The molecule has 718 valence electrons. The van der Waals surface area contributed by atoms with Gasteiger partial charge in [-0.1, -0.05) is 35.1 Å². The molecule has 13 atom stereocenters. The van der Waals surface area contributed by atoms with Crippen molar-refractivity contribution in [3.63, 3.8) is 0 Å². The molecule has 17 aromatic rings. The first-order valence-corrected chi connectivity index (χ1v) is 54.8. The van der Waals surface area contributed by atoms with E-state index in [1.54, 1.807) is 134 Å². The van der Waals surface area contributed by atoms with Crippen molar-refractivity contribution in [1.29, 1.82) is 0 Å². The predicted octanol–water partition coefficient (Wildman–Crippen LogP) is 17.9. The van der Waals surface area contributed by atoms with Gasteiger partial charge in [0, 0.05) is 91.8 Å². The van der Waals surface area contributed by atoms with Crippen LogP contribution in [0.4, 0.5) is 17.5 Å². The third-order valence-electron chi connectivity index (χ3n) is 23.0. The summed E-state index contributed by atoms with van der Waals surface area (Å²) in [5.74, 6) is 0.186. The lowest BCUT2D eigenvalue weighted by molar-refractivity contribution is -0.904. The molecule has 137 heavy (non-hydrogen) atoms. The fourth-order valence-corrected chi connectivity index (χ4v) is 24.4. The summed E-state index contributed by atoms with van der Waals surface area (Å²) in [5.41, 5.74) is 23.5. The van der Waals surface area contributed by atoms with Crippen LogP contribution < -0.4 is 20.7 Å². The molecule has 17 aromatic heterocycles. The Hall–Kier alpha value is -8.77. The van der Waals surface area contributed by atoms with E-state index in [2.05, 4.69) is 118 Å². The molecule has 34 nitrogen and oxygen atoms in total. The largest absolute Gasteiger partial charge is 0.396 e. The Morgan fingerprint density at radius 1 is 0.438 bits per heavy atom. The number of thiazole rings is 7. The summed E-state index contributed by atoms with van der Waals surface area (Å²) in [6, 6.07) is 13.5. The van der Waals surface area contributed by atoms with Crippen LogP contribution in [0.15, 0.2) is 141 Å². The lowest BCUT2D eigenvalue weighted by atomic mass is 10.1. The maximum Gasteiger partial charge on any atom is 0.249 e. The number of aliphatic hydroxyl groups excluding tert-OH is 3. The average Bonchev–Trinajstić information content (AvgIpc) is 1.59. The lowest BCUT2D eigenvalue weighted by Crippen LogP contribution is -2.35. The smallest absolute Gasteiger partial charge is 0.249 e. The van der Waals surface area contributed by atoms with Crippen LogP contribution in [0.2, 0.25) is 5.15 Å². The van der Waals surface area contributed by atoms with Gasteiger partial charge in [0.05, 0.1) is 174 Å². The number of nitrogens with one attached hydrogen (secondary N) is 3. The van der Waals surface area contributed by atoms with E-state index in [4.69, 9.17) is 60.2 Å². The zero-order valence-electron chi connectivity index (χ0n) is 77.2. The van der Waals surface area contributed by atoms with Crippen molar-refractivity contribution in [1.82, 2.24) is 94.7 Å². The second-order valence-electron chi connectivity index (χ2n) is 33.9. The Balaban J connectivity index is 0.000000120. The molecule has 0 radical (unpaired) electrons. The first-order valence-electron chi connectivity index (χ1n) is 43.3. The molecule has 0 aromatic carbocycles. The van der Waals surface area contributed by atoms with Crippen LogP contribution in [0.1, 0.15) is 101 Å². The summed E-state index contributed by atoms with van der Waals surface area (Å²) >= 11 is 22.3. The Bertz CT molecular complexity index is 6930. The maximum absolute atomic E-state index is 12.2. The summed E-state index contributed by atoms with van der Waals surface area (Å²) in [5, 5.41) is 52.9. The first kappa shape index (κ1) is 101. The molecule has 6 fully saturated rings. The molecular weight excluding hydrogens is 2070 g/mol. The number of hydrogen-bond acceptors (Lipinski definition) is 42. The molecule has 46 heteroatoms. The van der Waals surface area contributed by atoms with E-state index >= 15 is 0 Å². The second kappa shape index (κ2) is 44.2. The topological polar surface area (TPSA) is 438 Å². The lowest BCUT2D eigenvalue weighted by Gasteiger charge is -2.24. The monoisotopic (exact) mass is 2170 g/mol. The van der Waals surface area contributed by atoms with Gasteiger partial charge in [-0.15, -0.1) is 79.4 Å². The Kier molecular flexibility index (Phi) is 32.6. The average molecular weight is 2170 g/mol. The molecule has 0 spiro atoms. The zero-order valence-corrected chi connectivity index (χ0v) is 88.3. The number of aliphatic hydroxyl groups is 3. The Morgan fingerprint density at radius 2 is 0.810 bits per heavy atom. The molecule has 0 amide bonds. The van der Waals surface area contributed by atoms with Crippen LogP contribution >= 0.6 is 137 Å². The third-order valence-corrected chi connectivity index (χ3v) is 32.5. The molecule has 6 aliphatic rings. The number of rotatable bonds is 14. The van der Waals surface area contributed by atoms with Crippen molar-refractivity contribution in [2.24, 2.45) is 17.8 Å². The number of ether oxygens (including phenoxy) is 6. The number of pyridine rings is 7. The van der Waals surface area contributed by atoms with E-state index in [1.807, 2.05) is 180 Å². The fraction of sp³-hybridized carbons (Fsp3) is 0.407. The van der Waals surface area contributed by atoms with E-state index in [-0.39, 0.29) is 97.5 Å².